The van der Waals surface area contributed by atoms with Gasteiger partial charge in [-0.2, -0.15) is 0 Å². The van der Waals surface area contributed by atoms with Crippen LogP contribution in [0.15, 0.2) is 59.2 Å². The van der Waals surface area contributed by atoms with Crippen LogP contribution in [-0.4, -0.2) is 17.5 Å². The summed E-state index contributed by atoms with van der Waals surface area (Å²) in [7, 11) is 0. The standard InChI is InChI=1S/C20H18N2O2/c1-13-4-6-16(7-5-13)12-19-20(24)22(15(3)21-19)18-10-8-17(9-11-18)14(2)23/h4-12H,1-3H3/b19-12+. The summed E-state index contributed by atoms with van der Waals surface area (Å²) < 4.78 is 0. The van der Waals surface area contributed by atoms with E-state index >= 15 is 0 Å². The van der Waals surface area contributed by atoms with Gasteiger partial charge in [-0.3, -0.25) is 14.5 Å². The molecule has 120 valence electrons. The molecule has 24 heavy (non-hydrogen) atoms. The van der Waals surface area contributed by atoms with E-state index in [0.29, 0.717) is 22.8 Å². The third-order valence-electron chi connectivity index (χ3n) is 3.94. The van der Waals surface area contributed by atoms with Crippen LogP contribution in [0, 0.1) is 6.92 Å². The van der Waals surface area contributed by atoms with E-state index in [0.717, 1.165) is 5.56 Å². The molecule has 1 aliphatic heterocycles. The van der Waals surface area contributed by atoms with Crippen LogP contribution in [0.4, 0.5) is 5.69 Å². The minimum atomic E-state index is -0.163. The highest BCUT2D eigenvalue weighted by Crippen LogP contribution is 2.25. The molecule has 0 N–H and O–H groups in total. The molecule has 2 aromatic rings. The highest BCUT2D eigenvalue weighted by atomic mass is 16.2. The summed E-state index contributed by atoms with van der Waals surface area (Å²) in [4.78, 5) is 30.0. The second-order valence-corrected chi connectivity index (χ2v) is 5.84. The van der Waals surface area contributed by atoms with Gasteiger partial charge in [-0.05, 0) is 56.7 Å². The maximum atomic E-state index is 12.7. The lowest BCUT2D eigenvalue weighted by Gasteiger charge is -2.16. The van der Waals surface area contributed by atoms with Gasteiger partial charge in [-0.25, -0.2) is 4.99 Å². The fourth-order valence-corrected chi connectivity index (χ4v) is 2.60. The van der Waals surface area contributed by atoms with Crippen molar-refractivity contribution in [3.05, 3.63) is 70.9 Å². The molecule has 4 nitrogen and oxygen atoms in total. The van der Waals surface area contributed by atoms with Crippen molar-refractivity contribution in [1.29, 1.82) is 0 Å². The topological polar surface area (TPSA) is 49.7 Å². The Labute approximate surface area is 141 Å². The number of carbonyl (C=O) groups excluding carboxylic acids is 2. The molecule has 0 bridgehead atoms. The third-order valence-corrected chi connectivity index (χ3v) is 3.94. The SMILES string of the molecule is CC(=O)c1ccc(N2C(=O)/C(=C\c3ccc(C)cc3)N=C2C)cc1. The van der Waals surface area contributed by atoms with Gasteiger partial charge >= 0.3 is 0 Å². The van der Waals surface area contributed by atoms with E-state index in [1.54, 1.807) is 42.2 Å². The lowest BCUT2D eigenvalue weighted by atomic mass is 10.1. The number of amides is 1. The number of benzene rings is 2. The molecule has 0 radical (unpaired) electrons. The quantitative estimate of drug-likeness (QED) is 0.634. The average molecular weight is 318 g/mol. The molecular formula is C20H18N2O2. The number of aliphatic imine (C=N–C) groups is 1. The van der Waals surface area contributed by atoms with E-state index in [9.17, 15) is 9.59 Å². The lowest BCUT2D eigenvalue weighted by Crippen LogP contribution is -2.30. The predicted molar refractivity (Wildman–Crippen MR) is 96.2 cm³/mol. The van der Waals surface area contributed by atoms with E-state index in [1.165, 1.54) is 12.5 Å². The third kappa shape index (κ3) is 3.04. The van der Waals surface area contributed by atoms with Gasteiger partial charge < -0.3 is 0 Å². The number of nitrogens with zero attached hydrogens (tertiary/aromatic N) is 2. The second-order valence-electron chi connectivity index (χ2n) is 5.84. The van der Waals surface area contributed by atoms with Crippen molar-refractivity contribution in [1.82, 2.24) is 0 Å². The van der Waals surface area contributed by atoms with Crippen molar-refractivity contribution in [2.75, 3.05) is 4.90 Å². The summed E-state index contributed by atoms with van der Waals surface area (Å²) in [6, 6.07) is 14.9. The number of Topliss-reactive ketones (excluding diaryl/α,β-unsaturated/α-hetero) is 1. The maximum absolute atomic E-state index is 12.7. The zero-order chi connectivity index (χ0) is 17.3. The fourth-order valence-electron chi connectivity index (χ4n) is 2.60. The number of anilines is 1. The van der Waals surface area contributed by atoms with Gasteiger partial charge in [0.15, 0.2) is 5.78 Å². The van der Waals surface area contributed by atoms with Crippen LogP contribution in [0.3, 0.4) is 0 Å². The Bertz CT molecular complexity index is 860. The van der Waals surface area contributed by atoms with E-state index in [1.807, 2.05) is 31.2 Å². The number of rotatable bonds is 3. The van der Waals surface area contributed by atoms with Crippen LogP contribution < -0.4 is 4.90 Å². The van der Waals surface area contributed by atoms with Crippen molar-refractivity contribution in [3.63, 3.8) is 0 Å². The smallest absolute Gasteiger partial charge is 0.282 e. The summed E-state index contributed by atoms with van der Waals surface area (Å²) in [5.74, 6) is 0.456. The van der Waals surface area contributed by atoms with E-state index in [4.69, 9.17) is 0 Å². The zero-order valence-corrected chi connectivity index (χ0v) is 13.9. The van der Waals surface area contributed by atoms with E-state index < -0.39 is 0 Å². The van der Waals surface area contributed by atoms with Gasteiger partial charge in [-0.1, -0.05) is 29.8 Å². The van der Waals surface area contributed by atoms with Crippen molar-refractivity contribution < 1.29 is 9.59 Å². The Morgan fingerprint density at radius 3 is 2.21 bits per heavy atom. The molecule has 3 rings (SSSR count). The molecule has 0 spiro atoms. The molecule has 0 fully saturated rings. The first-order valence-corrected chi connectivity index (χ1v) is 7.75. The van der Waals surface area contributed by atoms with Crippen LogP contribution >= 0.6 is 0 Å². The zero-order valence-electron chi connectivity index (χ0n) is 13.9. The van der Waals surface area contributed by atoms with Gasteiger partial charge in [-0.15, -0.1) is 0 Å². The highest BCUT2D eigenvalue weighted by molar-refractivity contribution is 6.28. The van der Waals surface area contributed by atoms with Crippen molar-refractivity contribution in [2.24, 2.45) is 4.99 Å². The molecule has 0 aromatic heterocycles. The maximum Gasteiger partial charge on any atom is 0.282 e. The second kappa shape index (κ2) is 6.24. The number of hydrogen-bond donors (Lipinski definition) is 0. The molecule has 1 aliphatic rings. The number of ketones is 1. The van der Waals surface area contributed by atoms with Gasteiger partial charge in [0.2, 0.25) is 0 Å². The van der Waals surface area contributed by atoms with Crippen LogP contribution in [-0.2, 0) is 4.79 Å². The van der Waals surface area contributed by atoms with Crippen molar-refractivity contribution in [2.45, 2.75) is 20.8 Å². The van der Waals surface area contributed by atoms with Gasteiger partial charge in [0.25, 0.3) is 5.91 Å². The van der Waals surface area contributed by atoms with Crippen LogP contribution in [0.2, 0.25) is 0 Å². The van der Waals surface area contributed by atoms with Crippen molar-refractivity contribution >= 4 is 29.3 Å². The van der Waals surface area contributed by atoms with Gasteiger partial charge in [0, 0.05) is 5.56 Å². The summed E-state index contributed by atoms with van der Waals surface area (Å²) >= 11 is 0. The first kappa shape index (κ1) is 15.9. The number of carbonyl (C=O) groups is 2. The Hall–Kier alpha value is -3.01. The summed E-state index contributed by atoms with van der Waals surface area (Å²) in [6.07, 6.45) is 1.79. The molecule has 0 atom stereocenters. The molecule has 1 amide bonds. The van der Waals surface area contributed by atoms with Crippen LogP contribution in [0.5, 0.6) is 0 Å². The Morgan fingerprint density at radius 1 is 1.00 bits per heavy atom. The average Bonchev–Trinajstić information content (AvgIpc) is 2.83. The van der Waals surface area contributed by atoms with E-state index in [-0.39, 0.29) is 11.7 Å². The lowest BCUT2D eigenvalue weighted by molar-refractivity contribution is -0.113. The van der Waals surface area contributed by atoms with Gasteiger partial charge in [0.1, 0.15) is 11.5 Å². The van der Waals surface area contributed by atoms with Crippen molar-refractivity contribution in [3.8, 4) is 0 Å². The summed E-state index contributed by atoms with van der Waals surface area (Å²) in [5.41, 5.74) is 3.84. The minimum Gasteiger partial charge on any atom is -0.295 e. The van der Waals surface area contributed by atoms with Crippen LogP contribution in [0.25, 0.3) is 6.08 Å². The molecular weight excluding hydrogens is 300 g/mol. The van der Waals surface area contributed by atoms with Gasteiger partial charge in [0.05, 0.1) is 5.69 Å². The largest absolute Gasteiger partial charge is 0.295 e. The Balaban J connectivity index is 1.90. The highest BCUT2D eigenvalue weighted by Gasteiger charge is 2.28. The number of aryl methyl sites for hydroxylation is 1. The molecule has 4 heteroatoms. The summed E-state index contributed by atoms with van der Waals surface area (Å²) in [5, 5.41) is 0. The minimum absolute atomic E-state index is 0.000330. The summed E-state index contributed by atoms with van der Waals surface area (Å²) in [6.45, 7) is 5.34. The van der Waals surface area contributed by atoms with E-state index in [2.05, 4.69) is 4.99 Å². The molecule has 0 unspecified atom stereocenters. The fraction of sp³-hybridized carbons (Fsp3) is 0.150. The molecule has 0 saturated carbocycles. The van der Waals surface area contributed by atoms with Crippen LogP contribution in [0.1, 0.15) is 35.3 Å². The predicted octanol–water partition coefficient (Wildman–Crippen LogP) is 4.00. The molecule has 0 saturated heterocycles. The molecule has 2 aromatic carbocycles. The monoisotopic (exact) mass is 318 g/mol. The Morgan fingerprint density at radius 2 is 1.62 bits per heavy atom. The Kier molecular flexibility index (Phi) is 4.13. The first-order valence-electron chi connectivity index (χ1n) is 7.75. The normalized spacial score (nSPS) is 15.8. The number of amidine groups is 1. The number of hydrogen-bond acceptors (Lipinski definition) is 3. The first-order chi connectivity index (χ1) is 11.5. The molecule has 0 aliphatic carbocycles. The molecule has 1 heterocycles.